The summed E-state index contributed by atoms with van der Waals surface area (Å²) < 4.78 is 17.6. The molecule has 0 aliphatic carbocycles. The number of phenols is 1. The first-order valence-electron chi connectivity index (χ1n) is 7.27. The highest BCUT2D eigenvalue weighted by atomic mass is 31.1. The van der Waals surface area contributed by atoms with Gasteiger partial charge in [0.05, 0.1) is 0 Å². The molecule has 0 amide bonds. The molecule has 0 fully saturated rings. The predicted molar refractivity (Wildman–Crippen MR) is 91.9 cm³/mol. The van der Waals surface area contributed by atoms with Crippen molar-refractivity contribution in [2.24, 2.45) is 0 Å². The largest absolute Gasteiger partial charge is 0.560 e. The Kier molecular flexibility index (Phi) is 4.70. The number of phenolic OH excluding ortho intramolecular Hbond substituents is 1. The summed E-state index contributed by atoms with van der Waals surface area (Å²) in [4.78, 5) is 0. The fourth-order valence-electron chi connectivity index (χ4n) is 2.24. The Morgan fingerprint density at radius 1 is 0.783 bits per heavy atom. The summed E-state index contributed by atoms with van der Waals surface area (Å²) in [6, 6.07) is 24.1. The van der Waals surface area contributed by atoms with Crippen LogP contribution in [0, 0.1) is 0 Å². The predicted octanol–water partition coefficient (Wildman–Crippen LogP) is 5.38. The summed E-state index contributed by atoms with van der Waals surface area (Å²) in [5.41, 5.74) is 3.01. The van der Waals surface area contributed by atoms with Crippen molar-refractivity contribution >= 4 is 8.03 Å². The van der Waals surface area contributed by atoms with E-state index in [9.17, 15) is 9.67 Å². The molecule has 0 radical (unpaired) electrons. The summed E-state index contributed by atoms with van der Waals surface area (Å²) in [5.74, 6) is 0.830. The Bertz CT molecular complexity index is 781. The molecule has 3 nitrogen and oxygen atoms in total. The van der Waals surface area contributed by atoms with E-state index in [1.54, 1.807) is 24.3 Å². The van der Waals surface area contributed by atoms with E-state index in [2.05, 4.69) is 0 Å². The third-order valence-electron chi connectivity index (χ3n) is 3.42. The van der Waals surface area contributed by atoms with Crippen LogP contribution < -0.4 is 4.52 Å². The lowest BCUT2D eigenvalue weighted by Crippen LogP contribution is -1.86. The monoisotopic (exact) mass is 323 g/mol. The Labute approximate surface area is 136 Å². The van der Waals surface area contributed by atoms with Crippen LogP contribution in [0.5, 0.6) is 11.5 Å². The molecule has 0 heterocycles. The second kappa shape index (κ2) is 7.08. The number of hydrogen-bond acceptors (Lipinski definition) is 3. The maximum atomic E-state index is 12.1. The van der Waals surface area contributed by atoms with Gasteiger partial charge in [0.2, 0.25) is 6.16 Å². The van der Waals surface area contributed by atoms with Gasteiger partial charge in [-0.15, -0.1) is 0 Å². The van der Waals surface area contributed by atoms with Gasteiger partial charge in [-0.25, -0.2) is 0 Å². The Morgan fingerprint density at radius 3 is 1.96 bits per heavy atom. The van der Waals surface area contributed by atoms with Crippen LogP contribution in [0.25, 0.3) is 11.1 Å². The number of aromatic hydroxyl groups is 1. The molecule has 1 unspecified atom stereocenters. The van der Waals surface area contributed by atoms with Gasteiger partial charge in [0.15, 0.2) is 5.75 Å². The topological polar surface area (TPSA) is 46.5 Å². The van der Waals surface area contributed by atoms with Crippen LogP contribution in [0.15, 0.2) is 78.9 Å². The fraction of sp³-hybridized carbons (Fsp3) is 0.0526. The molecule has 0 aromatic heterocycles. The molecule has 4 heteroatoms. The van der Waals surface area contributed by atoms with E-state index in [0.717, 1.165) is 16.7 Å². The molecule has 1 atom stereocenters. The minimum absolute atomic E-state index is 0.242. The number of hydrogen-bond donors (Lipinski definition) is 1. The van der Waals surface area contributed by atoms with E-state index >= 15 is 0 Å². The lowest BCUT2D eigenvalue weighted by molar-refractivity contribution is 0.475. The summed E-state index contributed by atoms with van der Waals surface area (Å²) >= 11 is 0. The normalized spacial score (nSPS) is 11.0. The van der Waals surface area contributed by atoms with Gasteiger partial charge < -0.3 is 5.11 Å². The summed E-state index contributed by atoms with van der Waals surface area (Å²) in [6.45, 7) is 0. The fourth-order valence-corrected chi connectivity index (χ4v) is 3.17. The van der Waals surface area contributed by atoms with Crippen LogP contribution in [0.2, 0.25) is 0 Å². The van der Waals surface area contributed by atoms with Crippen molar-refractivity contribution in [2.45, 2.75) is 6.16 Å². The Balaban J connectivity index is 1.65. The SMILES string of the molecule is O=[P+](Cc1ccccc1)Oc1ccc(-c2ccc(O)cc2)cc1. The maximum absolute atomic E-state index is 12.1. The standard InChI is InChI=1S/C19H15O3P/c20-18-10-6-16(7-11-18)17-8-12-19(13-9-17)22-23(21)14-15-4-2-1-3-5-15/h1-13H,14H2/p+1. The molecule has 3 aromatic carbocycles. The molecule has 1 N–H and O–H groups in total. The van der Waals surface area contributed by atoms with Crippen LogP contribution >= 0.6 is 8.03 Å². The van der Waals surface area contributed by atoms with Crippen molar-refractivity contribution in [1.82, 2.24) is 0 Å². The van der Waals surface area contributed by atoms with Crippen LogP contribution in [0.3, 0.4) is 0 Å². The smallest absolute Gasteiger partial charge is 0.508 e. The zero-order chi connectivity index (χ0) is 16.1. The van der Waals surface area contributed by atoms with E-state index in [1.807, 2.05) is 54.6 Å². The second-order valence-corrected chi connectivity index (χ2v) is 6.30. The van der Waals surface area contributed by atoms with Gasteiger partial charge in [0.1, 0.15) is 5.75 Å². The third-order valence-corrected chi connectivity index (χ3v) is 4.45. The van der Waals surface area contributed by atoms with Gasteiger partial charge in [-0.2, -0.15) is 0 Å². The highest BCUT2D eigenvalue weighted by Crippen LogP contribution is 2.32. The van der Waals surface area contributed by atoms with Gasteiger partial charge in [-0.05, 0) is 40.0 Å². The van der Waals surface area contributed by atoms with Crippen molar-refractivity contribution in [3.63, 3.8) is 0 Å². The van der Waals surface area contributed by atoms with Crippen molar-refractivity contribution in [2.75, 3.05) is 0 Å². The van der Waals surface area contributed by atoms with Gasteiger partial charge in [0.25, 0.3) is 0 Å². The molecular weight excluding hydrogens is 307 g/mol. The molecule has 23 heavy (non-hydrogen) atoms. The zero-order valence-corrected chi connectivity index (χ0v) is 13.3. The molecule has 114 valence electrons. The lowest BCUT2D eigenvalue weighted by Gasteiger charge is -2.02. The molecule has 0 saturated carbocycles. The van der Waals surface area contributed by atoms with Gasteiger partial charge >= 0.3 is 8.03 Å². The van der Waals surface area contributed by atoms with Crippen molar-refractivity contribution in [3.8, 4) is 22.6 Å². The maximum Gasteiger partial charge on any atom is 0.560 e. The summed E-state index contributed by atoms with van der Waals surface area (Å²) in [7, 11) is -1.78. The molecule has 0 aliphatic rings. The average molecular weight is 323 g/mol. The van der Waals surface area contributed by atoms with E-state index in [0.29, 0.717) is 11.9 Å². The Hall–Kier alpha value is -2.64. The molecule has 3 rings (SSSR count). The minimum Gasteiger partial charge on any atom is -0.508 e. The molecule has 0 bridgehead atoms. The highest BCUT2D eigenvalue weighted by Gasteiger charge is 2.19. The minimum atomic E-state index is -1.78. The lowest BCUT2D eigenvalue weighted by atomic mass is 10.1. The van der Waals surface area contributed by atoms with Gasteiger partial charge in [-0.1, -0.05) is 54.6 Å². The Morgan fingerprint density at radius 2 is 1.35 bits per heavy atom. The van der Waals surface area contributed by atoms with Gasteiger partial charge in [-0.3, -0.25) is 4.52 Å². The van der Waals surface area contributed by atoms with E-state index in [1.165, 1.54) is 0 Å². The van der Waals surface area contributed by atoms with Gasteiger partial charge in [0, 0.05) is 5.56 Å². The van der Waals surface area contributed by atoms with Crippen LogP contribution in [-0.4, -0.2) is 5.11 Å². The van der Waals surface area contributed by atoms with Crippen LogP contribution in [0.4, 0.5) is 0 Å². The highest BCUT2D eigenvalue weighted by molar-refractivity contribution is 7.38. The first kappa shape index (κ1) is 15.3. The quantitative estimate of drug-likeness (QED) is 0.641. The molecule has 0 aliphatic heterocycles. The molecular formula is C19H16O3P+. The van der Waals surface area contributed by atoms with E-state index < -0.39 is 8.03 Å². The van der Waals surface area contributed by atoms with E-state index in [-0.39, 0.29) is 5.75 Å². The first-order chi connectivity index (χ1) is 11.2. The summed E-state index contributed by atoms with van der Waals surface area (Å²) in [5, 5.41) is 9.32. The molecule has 3 aromatic rings. The van der Waals surface area contributed by atoms with Crippen LogP contribution in [-0.2, 0) is 10.7 Å². The molecule has 0 spiro atoms. The third kappa shape index (κ3) is 4.18. The van der Waals surface area contributed by atoms with Crippen molar-refractivity contribution in [1.29, 1.82) is 0 Å². The van der Waals surface area contributed by atoms with Crippen molar-refractivity contribution in [3.05, 3.63) is 84.4 Å². The number of benzene rings is 3. The van der Waals surface area contributed by atoms with E-state index in [4.69, 9.17) is 4.52 Å². The zero-order valence-electron chi connectivity index (χ0n) is 12.4. The average Bonchev–Trinajstić information content (AvgIpc) is 2.57. The second-order valence-electron chi connectivity index (χ2n) is 5.14. The summed E-state index contributed by atoms with van der Waals surface area (Å²) in [6.07, 6.45) is 0.399. The van der Waals surface area contributed by atoms with Crippen LogP contribution in [0.1, 0.15) is 5.56 Å². The van der Waals surface area contributed by atoms with Crippen molar-refractivity contribution < 1.29 is 14.2 Å². The number of rotatable bonds is 5. The first-order valence-corrected chi connectivity index (χ1v) is 8.63. The molecule has 0 saturated heterocycles.